The Labute approximate surface area is 189 Å². The number of benzene rings is 2. The van der Waals surface area contributed by atoms with Crippen molar-refractivity contribution in [3.05, 3.63) is 65.7 Å². The van der Waals surface area contributed by atoms with E-state index in [9.17, 15) is 0 Å². The fourth-order valence-electron chi connectivity index (χ4n) is 3.38. The van der Waals surface area contributed by atoms with Crippen LogP contribution in [-0.4, -0.2) is 11.4 Å². The van der Waals surface area contributed by atoms with Crippen LogP contribution >= 0.6 is 0 Å². The third kappa shape index (κ3) is 8.77. The van der Waals surface area contributed by atoms with E-state index in [0.717, 1.165) is 60.5 Å². The molecular formula is C29H36N2. The maximum Gasteiger partial charge on any atom is 0.0646 e. The van der Waals surface area contributed by atoms with Crippen LogP contribution in [0.3, 0.4) is 0 Å². The van der Waals surface area contributed by atoms with Gasteiger partial charge in [-0.25, -0.2) is 0 Å². The highest BCUT2D eigenvalue weighted by Gasteiger charge is 2.10. The molecular weight excluding hydrogens is 376 g/mol. The van der Waals surface area contributed by atoms with E-state index in [1.54, 1.807) is 0 Å². The number of nitrogens with zero attached hydrogens (tertiary/aromatic N) is 2. The fraction of sp³-hybridized carbons (Fsp3) is 0.379. The molecule has 0 saturated carbocycles. The molecule has 0 atom stereocenters. The van der Waals surface area contributed by atoms with Crippen molar-refractivity contribution in [2.75, 3.05) is 0 Å². The van der Waals surface area contributed by atoms with Gasteiger partial charge in [-0.1, -0.05) is 69.4 Å². The second-order valence-corrected chi connectivity index (χ2v) is 7.69. The van der Waals surface area contributed by atoms with Crippen LogP contribution in [-0.2, 0) is 0 Å². The van der Waals surface area contributed by atoms with Crippen LogP contribution in [0.25, 0.3) is 6.08 Å². The first-order valence-electron chi connectivity index (χ1n) is 11.6. The van der Waals surface area contributed by atoms with Gasteiger partial charge < -0.3 is 0 Å². The lowest BCUT2D eigenvalue weighted by atomic mass is 10.0. The summed E-state index contributed by atoms with van der Waals surface area (Å²) >= 11 is 0. The Morgan fingerprint density at radius 2 is 1.52 bits per heavy atom. The third-order valence-corrected chi connectivity index (χ3v) is 5.01. The van der Waals surface area contributed by atoms with Gasteiger partial charge in [0.05, 0.1) is 22.8 Å². The molecule has 2 heteroatoms. The van der Waals surface area contributed by atoms with Gasteiger partial charge in [0.2, 0.25) is 0 Å². The monoisotopic (exact) mass is 412 g/mol. The molecule has 162 valence electrons. The second kappa shape index (κ2) is 14.1. The summed E-state index contributed by atoms with van der Waals surface area (Å²) in [6.07, 6.45) is 11.9. The van der Waals surface area contributed by atoms with Crippen molar-refractivity contribution < 1.29 is 0 Å². The summed E-state index contributed by atoms with van der Waals surface area (Å²) < 4.78 is 0. The van der Waals surface area contributed by atoms with Gasteiger partial charge in [0.1, 0.15) is 0 Å². The Kier molecular flexibility index (Phi) is 11.1. The zero-order chi connectivity index (χ0) is 22.3. The summed E-state index contributed by atoms with van der Waals surface area (Å²) in [7, 11) is 0. The largest absolute Gasteiger partial charge is 0.252 e. The Balaban J connectivity index is 2.44. The van der Waals surface area contributed by atoms with Gasteiger partial charge in [-0.3, -0.25) is 9.98 Å². The van der Waals surface area contributed by atoms with Crippen molar-refractivity contribution in [2.45, 2.75) is 72.6 Å². The second-order valence-electron chi connectivity index (χ2n) is 7.69. The van der Waals surface area contributed by atoms with Gasteiger partial charge in [0.25, 0.3) is 0 Å². The molecule has 0 aliphatic heterocycles. The van der Waals surface area contributed by atoms with E-state index in [4.69, 9.17) is 9.98 Å². The molecule has 0 aliphatic carbocycles. The van der Waals surface area contributed by atoms with Gasteiger partial charge in [-0.05, 0) is 75.4 Å². The Hall–Kier alpha value is -2.92. The topological polar surface area (TPSA) is 24.7 Å². The van der Waals surface area contributed by atoms with Crippen LogP contribution in [0.2, 0.25) is 0 Å². The molecule has 0 heterocycles. The number of aliphatic imine (C=N–C) groups is 2. The Morgan fingerprint density at radius 3 is 2.16 bits per heavy atom. The van der Waals surface area contributed by atoms with Crippen molar-refractivity contribution in [2.24, 2.45) is 9.98 Å². The van der Waals surface area contributed by atoms with Gasteiger partial charge in [-0.15, -0.1) is 5.92 Å². The normalized spacial score (nSPS) is 12.1. The van der Waals surface area contributed by atoms with Gasteiger partial charge in [0.15, 0.2) is 0 Å². The molecule has 2 aromatic rings. The molecule has 2 rings (SSSR count). The van der Waals surface area contributed by atoms with E-state index in [-0.39, 0.29) is 0 Å². The molecule has 0 aliphatic rings. The van der Waals surface area contributed by atoms with E-state index in [1.165, 1.54) is 18.4 Å². The van der Waals surface area contributed by atoms with Crippen molar-refractivity contribution in [1.29, 1.82) is 0 Å². The zero-order valence-electron chi connectivity index (χ0n) is 19.6. The predicted octanol–water partition coefficient (Wildman–Crippen LogP) is 8.71. The van der Waals surface area contributed by atoms with Crippen LogP contribution in [0.4, 0.5) is 11.4 Å². The average Bonchev–Trinajstić information content (AvgIpc) is 2.78. The highest BCUT2D eigenvalue weighted by Crippen LogP contribution is 2.20. The number of rotatable bonds is 11. The lowest BCUT2D eigenvalue weighted by Gasteiger charge is -2.11. The van der Waals surface area contributed by atoms with Gasteiger partial charge in [-0.2, -0.15) is 0 Å². The molecule has 31 heavy (non-hydrogen) atoms. The fourth-order valence-corrected chi connectivity index (χ4v) is 3.38. The van der Waals surface area contributed by atoms with E-state index >= 15 is 0 Å². The summed E-state index contributed by atoms with van der Waals surface area (Å²) in [6.45, 7) is 8.37. The minimum Gasteiger partial charge on any atom is -0.252 e. The highest BCUT2D eigenvalue weighted by atomic mass is 14.8. The van der Waals surface area contributed by atoms with E-state index in [1.807, 2.05) is 26.0 Å². The van der Waals surface area contributed by atoms with Crippen LogP contribution in [0, 0.1) is 11.8 Å². The molecule has 0 spiro atoms. The van der Waals surface area contributed by atoms with E-state index in [2.05, 4.69) is 74.2 Å². The number of unbranched alkanes of at least 4 members (excludes halogenated alkanes) is 3. The lowest BCUT2D eigenvalue weighted by Crippen LogP contribution is -2.14. The van der Waals surface area contributed by atoms with Crippen LogP contribution in [0.5, 0.6) is 0 Å². The molecule has 0 fully saturated rings. The minimum atomic E-state index is 0.951. The summed E-state index contributed by atoms with van der Waals surface area (Å²) in [4.78, 5) is 10.1. The van der Waals surface area contributed by atoms with Crippen LogP contribution in [0.1, 0.15) is 83.8 Å². The molecule has 0 radical (unpaired) electrons. The van der Waals surface area contributed by atoms with Crippen LogP contribution < -0.4 is 0 Å². The molecule has 0 bridgehead atoms. The minimum absolute atomic E-state index is 0.951. The lowest BCUT2D eigenvalue weighted by molar-refractivity contribution is 0.742. The quantitative estimate of drug-likeness (QED) is 0.200. The smallest absolute Gasteiger partial charge is 0.0646 e. The van der Waals surface area contributed by atoms with E-state index < -0.39 is 0 Å². The summed E-state index contributed by atoms with van der Waals surface area (Å²) in [5.74, 6) is 6.11. The molecule has 0 unspecified atom stereocenters. The predicted molar refractivity (Wildman–Crippen MR) is 138 cm³/mol. The Bertz CT molecular complexity index is 950. The first kappa shape index (κ1) is 24.4. The highest BCUT2D eigenvalue weighted by molar-refractivity contribution is 6.43. The number of hydrogen-bond acceptors (Lipinski definition) is 2. The van der Waals surface area contributed by atoms with Crippen molar-refractivity contribution in [3.8, 4) is 11.8 Å². The number of allylic oxidation sites excluding steroid dienone is 1. The average molecular weight is 413 g/mol. The molecule has 2 aromatic carbocycles. The van der Waals surface area contributed by atoms with Crippen LogP contribution in [0.15, 0.2) is 64.6 Å². The molecule has 2 nitrogen and oxygen atoms in total. The standard InChI is InChI=1S/C29H36N2/c1-5-9-11-18-29(31-27-16-12-15-25(23-27)14-8-4)28(17-10-6-2)30-26-21-19-24(13-7-3)20-22-26/h7,12-13,15-16,19-23H,5-6,9-11,17-18H2,1-4H3. The van der Waals surface area contributed by atoms with Crippen molar-refractivity contribution >= 4 is 28.9 Å². The summed E-state index contributed by atoms with van der Waals surface area (Å²) in [5, 5.41) is 0. The van der Waals surface area contributed by atoms with Crippen molar-refractivity contribution in [3.63, 3.8) is 0 Å². The first-order chi connectivity index (χ1) is 15.2. The maximum absolute atomic E-state index is 5.08. The molecule has 0 aromatic heterocycles. The van der Waals surface area contributed by atoms with Crippen molar-refractivity contribution in [1.82, 2.24) is 0 Å². The maximum atomic E-state index is 5.08. The third-order valence-electron chi connectivity index (χ3n) is 5.01. The SMILES string of the molecule is CC#Cc1cccc(N=C(CCCCC)C(CCCC)=Nc2ccc(C=CC)cc2)c1. The molecule has 0 amide bonds. The zero-order valence-corrected chi connectivity index (χ0v) is 19.6. The van der Waals surface area contributed by atoms with Gasteiger partial charge in [0, 0.05) is 5.56 Å². The Morgan fingerprint density at radius 1 is 0.839 bits per heavy atom. The summed E-state index contributed by atoms with van der Waals surface area (Å²) in [5.41, 5.74) is 6.38. The molecule has 0 N–H and O–H groups in total. The van der Waals surface area contributed by atoms with Gasteiger partial charge >= 0.3 is 0 Å². The first-order valence-corrected chi connectivity index (χ1v) is 11.6. The number of hydrogen-bond donors (Lipinski definition) is 0. The molecule has 0 saturated heterocycles. The summed E-state index contributed by atoms with van der Waals surface area (Å²) in [6, 6.07) is 16.6. The van der Waals surface area contributed by atoms with E-state index in [0.29, 0.717) is 0 Å².